The summed E-state index contributed by atoms with van der Waals surface area (Å²) in [6.45, 7) is 2.73. The van der Waals surface area contributed by atoms with E-state index >= 15 is 0 Å². The quantitative estimate of drug-likeness (QED) is 0.830. The zero-order chi connectivity index (χ0) is 16.7. The summed E-state index contributed by atoms with van der Waals surface area (Å²) < 4.78 is 0. The molecule has 1 heterocycles. The molecule has 1 saturated carbocycles. The molecule has 1 aliphatic carbocycles. The summed E-state index contributed by atoms with van der Waals surface area (Å²) in [6.07, 6.45) is 7.39. The maximum Gasteiger partial charge on any atom is 0.223 e. The maximum absolute atomic E-state index is 12.2. The largest absolute Gasteiger partial charge is 0.356 e. The van der Waals surface area contributed by atoms with E-state index < -0.39 is 0 Å². The summed E-state index contributed by atoms with van der Waals surface area (Å²) in [6, 6.07) is 4.58. The Kier molecular flexibility index (Phi) is 7.09. The van der Waals surface area contributed by atoms with Crippen molar-refractivity contribution < 1.29 is 9.59 Å². The molecule has 0 atom stereocenters. The van der Waals surface area contributed by atoms with Crippen molar-refractivity contribution in [3.05, 3.63) is 21.9 Å². The number of carbonyl (C=O) groups excluding carboxylic acids is 2. The molecule has 5 heteroatoms. The fourth-order valence-corrected chi connectivity index (χ4v) is 3.99. The number of amides is 2. The van der Waals surface area contributed by atoms with Crippen LogP contribution in [0.25, 0.3) is 0 Å². The normalized spacial score (nSPS) is 15.4. The minimum Gasteiger partial charge on any atom is -0.356 e. The van der Waals surface area contributed by atoms with Gasteiger partial charge in [-0.1, -0.05) is 19.3 Å². The minimum absolute atomic E-state index is 0.0244. The maximum atomic E-state index is 12.2. The average molecular weight is 337 g/mol. The van der Waals surface area contributed by atoms with Crippen LogP contribution in [0, 0.1) is 6.92 Å². The van der Waals surface area contributed by atoms with Gasteiger partial charge in [0.25, 0.3) is 0 Å². The van der Waals surface area contributed by atoms with Crippen LogP contribution >= 0.6 is 11.3 Å². The predicted octanol–water partition coefficient (Wildman–Crippen LogP) is 3.29. The molecular weight excluding hydrogens is 308 g/mol. The van der Waals surface area contributed by atoms with Gasteiger partial charge in [0.05, 0.1) is 0 Å². The third kappa shape index (κ3) is 5.98. The molecule has 0 spiro atoms. The lowest BCUT2D eigenvalue weighted by Gasteiger charge is -2.31. The van der Waals surface area contributed by atoms with Gasteiger partial charge in [0.1, 0.15) is 0 Å². The molecule has 0 aliphatic heterocycles. The highest BCUT2D eigenvalue weighted by Gasteiger charge is 2.22. The Balaban J connectivity index is 1.62. The van der Waals surface area contributed by atoms with Crippen molar-refractivity contribution in [1.82, 2.24) is 10.2 Å². The topological polar surface area (TPSA) is 49.4 Å². The van der Waals surface area contributed by atoms with E-state index in [1.54, 1.807) is 11.3 Å². The number of nitrogens with one attached hydrogen (secondary N) is 1. The molecule has 23 heavy (non-hydrogen) atoms. The lowest BCUT2D eigenvalue weighted by atomic mass is 9.94. The summed E-state index contributed by atoms with van der Waals surface area (Å²) in [5.41, 5.74) is 0. The molecule has 0 unspecified atom stereocenters. The summed E-state index contributed by atoms with van der Waals surface area (Å²) >= 11 is 1.77. The molecule has 0 saturated heterocycles. The number of carbonyl (C=O) groups is 2. The van der Waals surface area contributed by atoms with Crippen molar-refractivity contribution >= 4 is 23.2 Å². The Morgan fingerprint density at radius 3 is 2.61 bits per heavy atom. The average Bonchev–Trinajstić information content (AvgIpc) is 2.98. The zero-order valence-electron chi connectivity index (χ0n) is 14.3. The second kappa shape index (κ2) is 9.06. The van der Waals surface area contributed by atoms with Crippen LogP contribution in [-0.4, -0.2) is 36.3 Å². The van der Waals surface area contributed by atoms with Crippen molar-refractivity contribution in [2.75, 3.05) is 13.6 Å². The second-order valence-corrected chi connectivity index (χ2v) is 7.78. The minimum atomic E-state index is -0.0244. The van der Waals surface area contributed by atoms with Crippen LogP contribution in [0.2, 0.25) is 0 Å². The van der Waals surface area contributed by atoms with Crippen LogP contribution in [0.1, 0.15) is 54.7 Å². The molecule has 2 rings (SSSR count). The van der Waals surface area contributed by atoms with Gasteiger partial charge in [-0.3, -0.25) is 9.59 Å². The van der Waals surface area contributed by atoms with Gasteiger partial charge in [-0.15, -0.1) is 11.3 Å². The van der Waals surface area contributed by atoms with Crippen LogP contribution < -0.4 is 5.32 Å². The fraction of sp³-hybridized carbons (Fsp3) is 0.667. The number of aryl methyl sites for hydroxylation is 1. The summed E-state index contributed by atoms with van der Waals surface area (Å²) in [5.74, 6) is 0.0737. The van der Waals surface area contributed by atoms with E-state index in [9.17, 15) is 9.59 Å². The van der Waals surface area contributed by atoms with Crippen LogP contribution in [0.3, 0.4) is 0 Å². The monoisotopic (exact) mass is 336 g/mol. The zero-order valence-corrected chi connectivity index (χ0v) is 15.1. The van der Waals surface area contributed by atoms with Gasteiger partial charge in [-0.2, -0.15) is 0 Å². The van der Waals surface area contributed by atoms with Crippen molar-refractivity contribution in [2.24, 2.45) is 0 Å². The van der Waals surface area contributed by atoms with Crippen LogP contribution in [0.5, 0.6) is 0 Å². The third-order valence-electron chi connectivity index (χ3n) is 4.57. The van der Waals surface area contributed by atoms with Gasteiger partial charge >= 0.3 is 0 Å². The van der Waals surface area contributed by atoms with Crippen molar-refractivity contribution in [1.29, 1.82) is 0 Å². The summed E-state index contributed by atoms with van der Waals surface area (Å²) in [7, 11) is 1.88. The molecule has 1 aromatic rings. The van der Waals surface area contributed by atoms with E-state index in [-0.39, 0.29) is 11.8 Å². The van der Waals surface area contributed by atoms with Crippen molar-refractivity contribution in [3.8, 4) is 0 Å². The Hall–Kier alpha value is -1.36. The summed E-state index contributed by atoms with van der Waals surface area (Å²) in [4.78, 5) is 28.5. The standard InChI is InChI=1S/C18H28N2O2S/c1-14-8-9-16(23-14)12-13-19-17(21)10-11-18(22)20(2)15-6-4-3-5-7-15/h8-9,15H,3-7,10-13H2,1-2H3,(H,19,21). The Morgan fingerprint density at radius 1 is 1.22 bits per heavy atom. The first kappa shape index (κ1) is 18.0. The number of rotatable bonds is 7. The van der Waals surface area contributed by atoms with E-state index in [1.807, 2.05) is 11.9 Å². The molecule has 4 nitrogen and oxygen atoms in total. The fourth-order valence-electron chi connectivity index (χ4n) is 3.10. The molecule has 1 fully saturated rings. The van der Waals surface area contributed by atoms with Gasteiger partial charge in [-0.05, 0) is 38.3 Å². The number of thiophene rings is 1. The van der Waals surface area contributed by atoms with Crippen LogP contribution in [-0.2, 0) is 16.0 Å². The van der Waals surface area contributed by atoms with E-state index in [0.29, 0.717) is 25.4 Å². The SMILES string of the molecule is Cc1ccc(CCNC(=O)CCC(=O)N(C)C2CCCCC2)s1. The molecule has 2 amide bonds. The Labute approximate surface area is 143 Å². The molecule has 0 aromatic carbocycles. The first-order valence-corrected chi connectivity index (χ1v) is 9.45. The van der Waals surface area contributed by atoms with E-state index in [2.05, 4.69) is 24.4 Å². The Morgan fingerprint density at radius 2 is 1.96 bits per heavy atom. The van der Waals surface area contributed by atoms with Gasteiger partial charge in [0.15, 0.2) is 0 Å². The molecule has 1 aromatic heterocycles. The van der Waals surface area contributed by atoms with Gasteiger partial charge in [0, 0.05) is 42.2 Å². The summed E-state index contributed by atoms with van der Waals surface area (Å²) in [5, 5.41) is 2.91. The highest BCUT2D eigenvalue weighted by atomic mass is 32.1. The first-order valence-electron chi connectivity index (χ1n) is 8.64. The van der Waals surface area contributed by atoms with Crippen molar-refractivity contribution in [3.63, 3.8) is 0 Å². The lowest BCUT2D eigenvalue weighted by Crippen LogP contribution is -2.38. The van der Waals surface area contributed by atoms with Gasteiger partial charge in [0.2, 0.25) is 11.8 Å². The van der Waals surface area contributed by atoms with Gasteiger partial charge in [-0.25, -0.2) is 0 Å². The third-order valence-corrected chi connectivity index (χ3v) is 5.63. The first-order chi connectivity index (χ1) is 11.1. The predicted molar refractivity (Wildman–Crippen MR) is 94.6 cm³/mol. The van der Waals surface area contributed by atoms with E-state index in [1.165, 1.54) is 29.0 Å². The lowest BCUT2D eigenvalue weighted by molar-refractivity contribution is -0.134. The molecule has 1 N–H and O–H groups in total. The smallest absolute Gasteiger partial charge is 0.223 e. The second-order valence-electron chi connectivity index (χ2n) is 6.41. The highest BCUT2D eigenvalue weighted by Crippen LogP contribution is 2.22. The van der Waals surface area contributed by atoms with E-state index in [4.69, 9.17) is 0 Å². The molecular formula is C18H28N2O2S. The van der Waals surface area contributed by atoms with E-state index in [0.717, 1.165) is 19.3 Å². The molecule has 1 aliphatic rings. The van der Waals surface area contributed by atoms with Crippen molar-refractivity contribution in [2.45, 2.75) is 64.3 Å². The van der Waals surface area contributed by atoms with Crippen LogP contribution in [0.15, 0.2) is 12.1 Å². The number of hydrogen-bond acceptors (Lipinski definition) is 3. The van der Waals surface area contributed by atoms with Gasteiger partial charge < -0.3 is 10.2 Å². The highest BCUT2D eigenvalue weighted by molar-refractivity contribution is 7.11. The Bertz CT molecular complexity index is 521. The molecule has 128 valence electrons. The molecule has 0 bridgehead atoms. The number of nitrogens with zero attached hydrogens (tertiary/aromatic N) is 1. The van der Waals surface area contributed by atoms with Crippen LogP contribution in [0.4, 0.5) is 0 Å². The number of hydrogen-bond donors (Lipinski definition) is 1. The molecule has 0 radical (unpaired) electrons.